The van der Waals surface area contributed by atoms with Crippen LogP contribution < -0.4 is 16.6 Å². The Labute approximate surface area is 112 Å². The number of benzene rings is 1. The van der Waals surface area contributed by atoms with E-state index in [1.165, 1.54) is 12.1 Å². The molecule has 8 heteroatoms. The van der Waals surface area contributed by atoms with Crippen LogP contribution in [0.2, 0.25) is 0 Å². The van der Waals surface area contributed by atoms with Gasteiger partial charge in [-0.25, -0.2) is 5.10 Å². The zero-order valence-electron chi connectivity index (χ0n) is 10.2. The maximum atomic E-state index is 11.9. The van der Waals surface area contributed by atoms with Crippen LogP contribution in [0.5, 0.6) is 0 Å². The number of nitrogens with one attached hydrogen (secondary N) is 2. The van der Waals surface area contributed by atoms with E-state index in [9.17, 15) is 9.59 Å². The van der Waals surface area contributed by atoms with E-state index in [0.29, 0.717) is 11.3 Å². The third-order valence-electron chi connectivity index (χ3n) is 2.47. The molecule has 0 spiro atoms. The number of para-hydroxylation sites is 1. The summed E-state index contributed by atoms with van der Waals surface area (Å²) in [6.45, 7) is 0. The number of nitrogens with zero attached hydrogens (tertiary/aromatic N) is 2. The van der Waals surface area contributed by atoms with Crippen LogP contribution in [0, 0.1) is 0 Å². The first-order chi connectivity index (χ1) is 9.61. The number of aromatic amines is 1. The molecule has 0 bridgehead atoms. The van der Waals surface area contributed by atoms with Crippen molar-refractivity contribution in [1.82, 2.24) is 10.2 Å². The van der Waals surface area contributed by atoms with E-state index < -0.39 is 11.5 Å². The summed E-state index contributed by atoms with van der Waals surface area (Å²) in [5.74, 6) is -0.658. The molecule has 5 N–H and O–H groups in total. The molecule has 20 heavy (non-hydrogen) atoms. The number of H-pyrrole nitrogens is 1. The highest BCUT2D eigenvalue weighted by molar-refractivity contribution is 6.09. The van der Waals surface area contributed by atoms with Crippen LogP contribution in [0.4, 0.5) is 5.69 Å². The molecule has 2 rings (SSSR count). The topological polar surface area (TPSA) is 133 Å². The van der Waals surface area contributed by atoms with E-state index >= 15 is 0 Å². The molecule has 0 unspecified atom stereocenters. The van der Waals surface area contributed by atoms with Crippen molar-refractivity contribution in [3.8, 4) is 0 Å². The standard InChI is InChI=1S/C12H11N5O3/c13-11(17-20)7-3-1-2-4-8(7)14-12(19)9-5-6-10(18)16-15-9/h1-6,20H,(H2,13,17)(H,14,19)(H,16,18). The summed E-state index contributed by atoms with van der Waals surface area (Å²) >= 11 is 0. The molecular formula is C12H11N5O3. The fourth-order valence-electron chi connectivity index (χ4n) is 1.53. The monoisotopic (exact) mass is 273 g/mol. The second-order valence-electron chi connectivity index (χ2n) is 3.79. The maximum Gasteiger partial charge on any atom is 0.276 e. The number of nitrogens with two attached hydrogens (primary N) is 1. The highest BCUT2D eigenvalue weighted by Crippen LogP contribution is 2.15. The summed E-state index contributed by atoms with van der Waals surface area (Å²) in [5.41, 5.74) is 5.88. The second kappa shape index (κ2) is 5.65. The van der Waals surface area contributed by atoms with E-state index in [2.05, 4.69) is 20.7 Å². The van der Waals surface area contributed by atoms with Crippen molar-refractivity contribution in [3.05, 3.63) is 58.0 Å². The van der Waals surface area contributed by atoms with Crippen LogP contribution >= 0.6 is 0 Å². The Bertz CT molecular complexity index is 703. The molecule has 0 radical (unpaired) electrons. The third-order valence-corrected chi connectivity index (χ3v) is 2.47. The van der Waals surface area contributed by atoms with E-state index in [-0.39, 0.29) is 11.5 Å². The number of amidine groups is 1. The molecule has 0 aliphatic carbocycles. The van der Waals surface area contributed by atoms with Gasteiger partial charge in [-0.1, -0.05) is 17.3 Å². The van der Waals surface area contributed by atoms with Crippen molar-refractivity contribution in [3.63, 3.8) is 0 Å². The van der Waals surface area contributed by atoms with E-state index in [0.717, 1.165) is 0 Å². The first kappa shape index (κ1) is 13.3. The van der Waals surface area contributed by atoms with Gasteiger partial charge in [-0.3, -0.25) is 9.59 Å². The lowest BCUT2D eigenvalue weighted by atomic mass is 10.1. The molecular weight excluding hydrogens is 262 g/mol. The zero-order valence-corrected chi connectivity index (χ0v) is 10.2. The van der Waals surface area contributed by atoms with Gasteiger partial charge in [-0.15, -0.1) is 0 Å². The van der Waals surface area contributed by atoms with Gasteiger partial charge in [0, 0.05) is 11.6 Å². The lowest BCUT2D eigenvalue weighted by Gasteiger charge is -2.09. The van der Waals surface area contributed by atoms with Crippen molar-refractivity contribution >= 4 is 17.4 Å². The fourth-order valence-corrected chi connectivity index (χ4v) is 1.53. The maximum absolute atomic E-state index is 11.9. The Balaban J connectivity index is 2.28. The van der Waals surface area contributed by atoms with Gasteiger partial charge in [0.05, 0.1) is 5.69 Å². The number of amides is 1. The quantitative estimate of drug-likeness (QED) is 0.273. The lowest BCUT2D eigenvalue weighted by molar-refractivity contribution is 0.102. The van der Waals surface area contributed by atoms with Crippen molar-refractivity contribution in [2.45, 2.75) is 0 Å². The van der Waals surface area contributed by atoms with Crippen LogP contribution in [0.15, 0.2) is 46.3 Å². The summed E-state index contributed by atoms with van der Waals surface area (Å²) in [5, 5.41) is 19.9. The van der Waals surface area contributed by atoms with E-state index in [1.54, 1.807) is 24.3 Å². The highest BCUT2D eigenvalue weighted by Gasteiger charge is 2.12. The molecule has 1 aromatic carbocycles. The molecule has 0 saturated carbocycles. The highest BCUT2D eigenvalue weighted by atomic mass is 16.4. The molecule has 1 amide bonds. The SMILES string of the molecule is N/C(=N/O)c1ccccc1NC(=O)c1ccc(=O)[nH]n1. The summed E-state index contributed by atoms with van der Waals surface area (Å²) < 4.78 is 0. The number of carbonyl (C=O) groups excluding carboxylic acids is 1. The lowest BCUT2D eigenvalue weighted by Crippen LogP contribution is -2.21. The molecule has 0 aliphatic rings. The van der Waals surface area contributed by atoms with Crippen LogP contribution in [0.25, 0.3) is 0 Å². The van der Waals surface area contributed by atoms with Gasteiger partial charge >= 0.3 is 0 Å². The average Bonchev–Trinajstić information content (AvgIpc) is 2.47. The fraction of sp³-hybridized carbons (Fsp3) is 0. The largest absolute Gasteiger partial charge is 0.409 e. The van der Waals surface area contributed by atoms with Crippen LogP contribution in [0.3, 0.4) is 0 Å². The van der Waals surface area contributed by atoms with Gasteiger partial charge in [0.1, 0.15) is 5.69 Å². The minimum Gasteiger partial charge on any atom is -0.409 e. The number of hydrogen-bond acceptors (Lipinski definition) is 5. The minimum atomic E-state index is -0.528. The number of rotatable bonds is 3. The Hall–Kier alpha value is -3.16. The summed E-state index contributed by atoms with van der Waals surface area (Å²) in [6, 6.07) is 9.03. The van der Waals surface area contributed by atoms with Crippen molar-refractivity contribution in [2.24, 2.45) is 10.9 Å². The molecule has 0 aliphatic heterocycles. The molecule has 1 heterocycles. The minimum absolute atomic E-state index is 0.0407. The van der Waals surface area contributed by atoms with Gasteiger partial charge < -0.3 is 16.3 Å². The molecule has 102 valence electrons. The summed E-state index contributed by atoms with van der Waals surface area (Å²) in [4.78, 5) is 22.8. The Kier molecular flexibility index (Phi) is 3.75. The predicted molar refractivity (Wildman–Crippen MR) is 71.8 cm³/mol. The smallest absolute Gasteiger partial charge is 0.276 e. The number of hydrogen-bond donors (Lipinski definition) is 4. The third kappa shape index (κ3) is 2.80. The van der Waals surface area contributed by atoms with Crippen LogP contribution in [-0.4, -0.2) is 27.1 Å². The van der Waals surface area contributed by atoms with Crippen LogP contribution in [-0.2, 0) is 0 Å². The van der Waals surface area contributed by atoms with E-state index in [1.807, 2.05) is 0 Å². The number of carbonyl (C=O) groups is 1. The molecule has 0 saturated heterocycles. The summed E-state index contributed by atoms with van der Waals surface area (Å²) in [6.07, 6.45) is 0. The van der Waals surface area contributed by atoms with Gasteiger partial charge in [0.2, 0.25) is 0 Å². The van der Waals surface area contributed by atoms with Crippen molar-refractivity contribution in [1.29, 1.82) is 0 Å². The first-order valence-electron chi connectivity index (χ1n) is 5.56. The van der Waals surface area contributed by atoms with Crippen molar-refractivity contribution < 1.29 is 10.0 Å². The summed E-state index contributed by atoms with van der Waals surface area (Å²) in [7, 11) is 0. The van der Waals surface area contributed by atoms with E-state index in [4.69, 9.17) is 10.9 Å². The Morgan fingerprint density at radius 3 is 2.70 bits per heavy atom. The molecule has 0 atom stereocenters. The number of oxime groups is 1. The van der Waals surface area contributed by atoms with Gasteiger partial charge in [-0.2, -0.15) is 5.10 Å². The molecule has 1 aromatic heterocycles. The average molecular weight is 273 g/mol. The van der Waals surface area contributed by atoms with Crippen molar-refractivity contribution in [2.75, 3.05) is 5.32 Å². The molecule has 2 aromatic rings. The Morgan fingerprint density at radius 1 is 1.30 bits per heavy atom. The number of aromatic nitrogens is 2. The van der Waals surface area contributed by atoms with Gasteiger partial charge in [0.15, 0.2) is 5.84 Å². The Morgan fingerprint density at radius 2 is 2.05 bits per heavy atom. The second-order valence-corrected chi connectivity index (χ2v) is 3.79. The van der Waals surface area contributed by atoms with Gasteiger partial charge in [-0.05, 0) is 18.2 Å². The van der Waals surface area contributed by atoms with Crippen LogP contribution in [0.1, 0.15) is 16.1 Å². The molecule has 8 nitrogen and oxygen atoms in total. The zero-order chi connectivity index (χ0) is 14.5. The predicted octanol–water partition coefficient (Wildman–Crippen LogP) is 0.117. The normalized spacial score (nSPS) is 11.1. The van der Waals surface area contributed by atoms with Gasteiger partial charge in [0.25, 0.3) is 11.5 Å². The first-order valence-corrected chi connectivity index (χ1v) is 5.56. The molecule has 0 fully saturated rings. The number of anilines is 1.